The topological polar surface area (TPSA) is 128 Å². The summed E-state index contributed by atoms with van der Waals surface area (Å²) in [6.07, 6.45) is 1.70. The van der Waals surface area contributed by atoms with Gasteiger partial charge in [-0.2, -0.15) is 0 Å². The van der Waals surface area contributed by atoms with Crippen LogP contribution in [0.15, 0.2) is 46.0 Å². The number of carboxylic acids is 1. The first-order chi connectivity index (χ1) is 22.3. The molecule has 11 nitrogen and oxygen atoms in total. The van der Waals surface area contributed by atoms with E-state index in [4.69, 9.17) is 9.73 Å². The van der Waals surface area contributed by atoms with Gasteiger partial charge in [0.05, 0.1) is 29.2 Å². The van der Waals surface area contributed by atoms with Gasteiger partial charge in [0.15, 0.2) is 10.8 Å². The number of hydrogen-bond donors (Lipinski definition) is 2. The van der Waals surface area contributed by atoms with E-state index in [1.54, 1.807) is 32.2 Å². The summed E-state index contributed by atoms with van der Waals surface area (Å²) in [7, 11) is 0. The van der Waals surface area contributed by atoms with Gasteiger partial charge in [0.25, 0.3) is 0 Å². The number of ether oxygens (including phenoxy) is 1. The molecule has 2 amide bonds. The third-order valence-electron chi connectivity index (χ3n) is 13.1. The standard InChI is InChI=1S/C33H33FN6O5S/c1-3-45-29(41)19-18(36-27(28-35-7-10-46-28)37-26(19)16-5-4-6-17(34)14(16)2)13-38-8-9-39-15(11-38)12-40(31(39)44)33-23-20-24(33)22-25(33)21(23)32(20,22)30(42)43/h4-7,10,15,20-26H,3,8-9,11-13H2,1-2H3,(H,36,37)(H,42,43)/t15-,20?,21?,22?,23?,24?,25?,26-,32?,33?/m0/s1. The van der Waals surface area contributed by atoms with Gasteiger partial charge < -0.3 is 25.0 Å². The third-order valence-corrected chi connectivity index (χ3v) is 13.9. The molecule has 0 bridgehead atoms. The van der Waals surface area contributed by atoms with Crippen LogP contribution in [0.3, 0.4) is 0 Å². The quantitative estimate of drug-likeness (QED) is 0.420. The van der Waals surface area contributed by atoms with Crippen molar-refractivity contribution in [2.75, 3.05) is 39.3 Å². The van der Waals surface area contributed by atoms with Crippen LogP contribution in [0.2, 0.25) is 0 Å². The van der Waals surface area contributed by atoms with Gasteiger partial charge in [-0.25, -0.2) is 19.0 Å². The van der Waals surface area contributed by atoms with Crippen LogP contribution in [-0.4, -0.2) is 99.5 Å². The summed E-state index contributed by atoms with van der Waals surface area (Å²) in [5, 5.41) is 15.8. The molecule has 0 radical (unpaired) electrons. The molecule has 46 heavy (non-hydrogen) atoms. The predicted molar refractivity (Wildman–Crippen MR) is 162 cm³/mol. The van der Waals surface area contributed by atoms with E-state index < -0.39 is 23.4 Å². The van der Waals surface area contributed by atoms with E-state index in [1.807, 2.05) is 10.3 Å². The van der Waals surface area contributed by atoms with Gasteiger partial charge in [0.1, 0.15) is 11.9 Å². The van der Waals surface area contributed by atoms with Crippen molar-refractivity contribution in [3.05, 3.63) is 63.0 Å². The molecule has 0 spiro atoms. The molecule has 11 rings (SSSR count). The lowest BCUT2D eigenvalue weighted by atomic mass is 8.94. The maximum atomic E-state index is 14.8. The van der Waals surface area contributed by atoms with Crippen molar-refractivity contribution < 1.29 is 28.6 Å². The maximum absolute atomic E-state index is 14.8. The van der Waals surface area contributed by atoms with Gasteiger partial charge in [0, 0.05) is 50.0 Å². The van der Waals surface area contributed by atoms with E-state index in [0.717, 1.165) is 0 Å². The zero-order valence-corrected chi connectivity index (χ0v) is 26.2. The fraction of sp³-hybridized carbons (Fsp3) is 0.545. The van der Waals surface area contributed by atoms with E-state index in [-0.39, 0.29) is 47.8 Å². The molecule has 238 valence electrons. The zero-order valence-electron chi connectivity index (χ0n) is 25.4. The number of thiazole rings is 1. The molecule has 9 aliphatic rings. The number of piperazine rings is 1. The van der Waals surface area contributed by atoms with Crippen molar-refractivity contribution in [1.82, 2.24) is 25.0 Å². The SMILES string of the molecule is CCOC(=O)C1=C(CN2CCN3C(=O)N(C45C6C7C4C4C5C6C74C(=O)O)C[C@@H]3C2)NC(c2nccs2)=N[C@H]1c1cccc(F)c1C. The fourth-order valence-corrected chi connectivity index (χ4v) is 12.3. The first kappa shape index (κ1) is 27.3. The van der Waals surface area contributed by atoms with Gasteiger partial charge in [-0.1, -0.05) is 12.1 Å². The smallest absolute Gasteiger partial charge is 0.338 e. The van der Waals surface area contributed by atoms with Crippen molar-refractivity contribution >= 4 is 35.1 Å². The minimum absolute atomic E-state index is 0.0129. The summed E-state index contributed by atoms with van der Waals surface area (Å²) in [5.41, 5.74) is 1.47. The van der Waals surface area contributed by atoms with Gasteiger partial charge in [-0.3, -0.25) is 14.7 Å². The monoisotopic (exact) mass is 644 g/mol. The van der Waals surface area contributed by atoms with Crippen molar-refractivity contribution in [2.24, 2.45) is 45.9 Å². The molecule has 1 aromatic heterocycles. The number of fused-ring (bicyclic) bond motifs is 1. The number of urea groups is 1. The number of nitrogens with one attached hydrogen (secondary N) is 1. The molecular formula is C33H33FN6O5S. The van der Waals surface area contributed by atoms with E-state index in [2.05, 4.69) is 20.1 Å². The third kappa shape index (κ3) is 2.77. The summed E-state index contributed by atoms with van der Waals surface area (Å²) < 4.78 is 20.4. The van der Waals surface area contributed by atoms with Crippen molar-refractivity contribution in [3.8, 4) is 0 Å². The van der Waals surface area contributed by atoms with Gasteiger partial charge >= 0.3 is 18.0 Å². The highest BCUT2D eigenvalue weighted by Crippen LogP contribution is 3.08. The second kappa shape index (κ2) is 8.74. The number of esters is 1. The molecular weight excluding hydrogens is 611 g/mol. The summed E-state index contributed by atoms with van der Waals surface area (Å²) in [4.78, 5) is 55.2. The van der Waals surface area contributed by atoms with Crippen molar-refractivity contribution in [2.45, 2.75) is 31.5 Å². The number of hydrogen-bond acceptors (Lipinski definition) is 9. The molecule has 0 unspecified atom stereocenters. The number of nitrogens with zero attached hydrogens (tertiary/aromatic N) is 5. The van der Waals surface area contributed by atoms with Gasteiger partial charge in [-0.05, 0) is 66.5 Å². The first-order valence-electron chi connectivity index (χ1n) is 16.2. The fourth-order valence-electron chi connectivity index (χ4n) is 11.7. The van der Waals surface area contributed by atoms with Crippen LogP contribution < -0.4 is 5.32 Å². The largest absolute Gasteiger partial charge is 0.481 e. The van der Waals surface area contributed by atoms with Crippen molar-refractivity contribution in [3.63, 3.8) is 0 Å². The molecule has 1 aromatic carbocycles. The van der Waals surface area contributed by atoms with E-state index >= 15 is 0 Å². The number of carbonyl (C=O) groups is 3. The lowest BCUT2D eigenvalue weighted by molar-refractivity contribution is -0.625. The lowest BCUT2D eigenvalue weighted by Gasteiger charge is -3.10. The maximum Gasteiger partial charge on any atom is 0.338 e. The Hall–Kier alpha value is -3.84. The number of aliphatic imine (C=N–C) groups is 1. The number of amidine groups is 1. The number of aliphatic carboxylic acids is 1. The van der Waals surface area contributed by atoms with Crippen LogP contribution in [0, 0.1) is 53.7 Å². The highest BCUT2D eigenvalue weighted by molar-refractivity contribution is 7.11. The lowest BCUT2D eigenvalue weighted by Crippen LogP contribution is -3.16. The van der Waals surface area contributed by atoms with E-state index in [1.165, 1.54) is 17.4 Å². The Kier molecular flexibility index (Phi) is 5.18. The van der Waals surface area contributed by atoms with Crippen molar-refractivity contribution in [1.29, 1.82) is 0 Å². The number of benzene rings is 1. The number of aromatic nitrogens is 1. The molecule has 2 atom stereocenters. The first-order valence-corrected chi connectivity index (χ1v) is 17.1. The summed E-state index contributed by atoms with van der Waals surface area (Å²) in [5.74, 6) is 1.00. The molecule has 4 heterocycles. The molecule has 3 aliphatic heterocycles. The highest BCUT2D eigenvalue weighted by atomic mass is 32.1. The van der Waals surface area contributed by atoms with Gasteiger partial charge in [0.2, 0.25) is 0 Å². The van der Waals surface area contributed by atoms with Crippen LogP contribution >= 0.6 is 11.3 Å². The van der Waals surface area contributed by atoms with E-state index in [0.29, 0.717) is 83.7 Å². The summed E-state index contributed by atoms with van der Waals surface area (Å²) in [6.45, 7) is 6.54. The molecule has 2 aromatic rings. The summed E-state index contributed by atoms with van der Waals surface area (Å²) >= 11 is 1.43. The Labute approximate surface area is 268 Å². The predicted octanol–water partition coefficient (Wildman–Crippen LogP) is 2.50. The Morgan fingerprint density at radius 2 is 1.91 bits per heavy atom. The Morgan fingerprint density at radius 3 is 2.59 bits per heavy atom. The number of amides is 2. The molecule has 2 saturated heterocycles. The van der Waals surface area contributed by atoms with Crippen LogP contribution in [0.5, 0.6) is 0 Å². The molecule has 6 aliphatic carbocycles. The van der Waals surface area contributed by atoms with E-state index in [9.17, 15) is 23.9 Å². The van der Waals surface area contributed by atoms with Crippen LogP contribution in [-0.2, 0) is 14.3 Å². The molecule has 8 fully saturated rings. The second-order valence-corrected chi connectivity index (χ2v) is 15.1. The number of carboxylic acid groups (broad SMARTS) is 1. The Bertz CT molecular complexity index is 1770. The molecule has 13 heteroatoms. The number of rotatable bonds is 8. The van der Waals surface area contributed by atoms with Crippen LogP contribution in [0.1, 0.15) is 29.1 Å². The minimum Gasteiger partial charge on any atom is -0.481 e. The average molecular weight is 645 g/mol. The van der Waals surface area contributed by atoms with Crippen LogP contribution in [0.4, 0.5) is 9.18 Å². The average Bonchev–Trinajstić information content (AvgIpc) is 3.70. The number of carbonyl (C=O) groups excluding carboxylic acids is 2. The highest BCUT2D eigenvalue weighted by Gasteiger charge is 3.13. The molecule has 6 saturated carbocycles. The Balaban J connectivity index is 0.934. The summed E-state index contributed by atoms with van der Waals surface area (Å²) in [6, 6.07) is 4.17. The number of halogens is 1. The Morgan fingerprint density at radius 1 is 1.15 bits per heavy atom. The second-order valence-electron chi connectivity index (χ2n) is 14.2. The zero-order chi connectivity index (χ0) is 31.4. The normalized spacial score (nSPS) is 40.4. The minimum atomic E-state index is -0.780. The van der Waals surface area contributed by atoms with Gasteiger partial charge in [-0.15, -0.1) is 11.3 Å². The molecule has 2 N–H and O–H groups in total. The van der Waals surface area contributed by atoms with Crippen LogP contribution in [0.25, 0.3) is 0 Å².